The zero-order valence-corrected chi connectivity index (χ0v) is 15.6. The fraction of sp³-hybridized carbons (Fsp3) is 0.158. The molecule has 27 heavy (non-hydrogen) atoms. The van der Waals surface area contributed by atoms with E-state index in [9.17, 15) is 9.59 Å². The highest BCUT2D eigenvalue weighted by Gasteiger charge is 2.28. The van der Waals surface area contributed by atoms with Crippen LogP contribution in [0, 0.1) is 0 Å². The number of nitrogens with zero attached hydrogens (tertiary/aromatic N) is 1. The van der Waals surface area contributed by atoms with E-state index in [1.54, 1.807) is 16.4 Å². The Morgan fingerprint density at radius 1 is 1.19 bits per heavy atom. The van der Waals surface area contributed by atoms with Gasteiger partial charge in [-0.2, -0.15) is 0 Å². The molecule has 2 amide bonds. The van der Waals surface area contributed by atoms with Crippen molar-refractivity contribution in [1.82, 2.24) is 15.4 Å². The minimum atomic E-state index is -0.760. The van der Waals surface area contributed by atoms with E-state index >= 15 is 0 Å². The number of amides is 2. The predicted octanol–water partition coefficient (Wildman–Crippen LogP) is 3.79. The third-order valence-electron chi connectivity index (χ3n) is 4.78. The number of H-pyrrole nitrogens is 1. The fourth-order valence-corrected chi connectivity index (χ4v) is 4.21. The Labute approximate surface area is 164 Å². The smallest absolute Gasteiger partial charge is 0.277 e. The summed E-state index contributed by atoms with van der Waals surface area (Å²) in [6.07, 6.45) is 0.489. The minimum Gasteiger partial charge on any atom is -0.351 e. The molecule has 0 atom stereocenters. The molecule has 2 heterocycles. The summed E-state index contributed by atoms with van der Waals surface area (Å²) in [4.78, 5) is 29.5. The van der Waals surface area contributed by atoms with Crippen molar-refractivity contribution < 1.29 is 14.8 Å². The molecular formula is C19H15Cl2N3O3. The molecule has 8 heteroatoms. The number of nitrogens with one attached hydrogen (secondary N) is 2. The highest BCUT2D eigenvalue weighted by atomic mass is 35.5. The second-order valence-electron chi connectivity index (χ2n) is 6.37. The van der Waals surface area contributed by atoms with Crippen molar-refractivity contribution in [2.24, 2.45) is 0 Å². The first kappa shape index (κ1) is 17.9. The average molecular weight is 404 g/mol. The largest absolute Gasteiger partial charge is 0.351 e. The second-order valence-corrected chi connectivity index (χ2v) is 7.16. The lowest BCUT2D eigenvalue weighted by Gasteiger charge is -2.30. The van der Waals surface area contributed by atoms with Gasteiger partial charge in [-0.15, -0.1) is 0 Å². The predicted molar refractivity (Wildman–Crippen MR) is 102 cm³/mol. The molecule has 4 rings (SSSR count). The molecule has 6 nitrogen and oxygen atoms in total. The lowest BCUT2D eigenvalue weighted by atomic mass is 9.96. The monoisotopic (exact) mass is 403 g/mol. The van der Waals surface area contributed by atoms with Crippen LogP contribution in [0.1, 0.15) is 32.0 Å². The van der Waals surface area contributed by atoms with Crippen LogP contribution in [0.2, 0.25) is 10.0 Å². The number of hydroxylamine groups is 1. The lowest BCUT2D eigenvalue weighted by Crippen LogP contribution is -2.36. The van der Waals surface area contributed by atoms with Crippen molar-refractivity contribution in [3.63, 3.8) is 0 Å². The number of rotatable bonds is 2. The number of carbonyl (C=O) groups is 2. The summed E-state index contributed by atoms with van der Waals surface area (Å²) >= 11 is 12.5. The van der Waals surface area contributed by atoms with Crippen LogP contribution in [0.15, 0.2) is 36.4 Å². The maximum atomic E-state index is 12.9. The number of hydrogen-bond acceptors (Lipinski definition) is 3. The van der Waals surface area contributed by atoms with Crippen LogP contribution < -0.4 is 5.48 Å². The third kappa shape index (κ3) is 3.06. The molecule has 2 aromatic carbocycles. The van der Waals surface area contributed by atoms with E-state index in [2.05, 4.69) is 4.98 Å². The lowest BCUT2D eigenvalue weighted by molar-refractivity contribution is 0.0702. The number of aromatic nitrogens is 1. The van der Waals surface area contributed by atoms with E-state index in [0.29, 0.717) is 25.2 Å². The van der Waals surface area contributed by atoms with Gasteiger partial charge in [-0.3, -0.25) is 14.8 Å². The topological polar surface area (TPSA) is 85.4 Å². The van der Waals surface area contributed by atoms with Crippen molar-refractivity contribution in [2.75, 3.05) is 6.54 Å². The van der Waals surface area contributed by atoms with Crippen LogP contribution in [0.4, 0.5) is 0 Å². The van der Waals surface area contributed by atoms with Crippen molar-refractivity contribution in [1.29, 1.82) is 0 Å². The average Bonchev–Trinajstić information content (AvgIpc) is 3.10. The highest BCUT2D eigenvalue weighted by molar-refractivity contribution is 6.40. The number of aromatic amines is 1. The van der Waals surface area contributed by atoms with Crippen molar-refractivity contribution >= 4 is 45.9 Å². The number of halogens is 2. The summed E-state index contributed by atoms with van der Waals surface area (Å²) in [6, 6.07) is 11.2. The van der Waals surface area contributed by atoms with E-state index in [1.807, 2.05) is 30.3 Å². The summed E-state index contributed by atoms with van der Waals surface area (Å²) < 4.78 is 0. The highest BCUT2D eigenvalue weighted by Crippen LogP contribution is 2.35. The molecular weight excluding hydrogens is 389 g/mol. The third-order valence-corrected chi connectivity index (χ3v) is 5.50. The van der Waals surface area contributed by atoms with E-state index < -0.39 is 5.91 Å². The summed E-state index contributed by atoms with van der Waals surface area (Å²) in [7, 11) is 0. The van der Waals surface area contributed by atoms with Crippen LogP contribution in [-0.4, -0.2) is 33.5 Å². The van der Waals surface area contributed by atoms with Gasteiger partial charge in [0.05, 0.1) is 15.6 Å². The molecule has 0 saturated heterocycles. The molecule has 0 aliphatic carbocycles. The zero-order valence-electron chi connectivity index (χ0n) is 14.1. The van der Waals surface area contributed by atoms with Crippen LogP contribution in [-0.2, 0) is 13.0 Å². The maximum Gasteiger partial charge on any atom is 0.277 e. The Balaban J connectivity index is 1.65. The van der Waals surface area contributed by atoms with Gasteiger partial charge in [0.15, 0.2) is 0 Å². The molecule has 1 aliphatic rings. The van der Waals surface area contributed by atoms with Gasteiger partial charge >= 0.3 is 0 Å². The first-order valence-corrected chi connectivity index (χ1v) is 9.06. The number of para-hydroxylation sites is 1. The van der Waals surface area contributed by atoms with Crippen LogP contribution >= 0.6 is 23.2 Å². The van der Waals surface area contributed by atoms with Gasteiger partial charge in [-0.1, -0.05) is 41.4 Å². The van der Waals surface area contributed by atoms with Gasteiger partial charge in [-0.25, -0.2) is 5.48 Å². The van der Waals surface area contributed by atoms with Gasteiger partial charge < -0.3 is 9.88 Å². The van der Waals surface area contributed by atoms with Gasteiger partial charge in [0.2, 0.25) is 0 Å². The molecule has 0 spiro atoms. The fourth-order valence-electron chi connectivity index (χ4n) is 3.45. The molecule has 1 aliphatic heterocycles. The van der Waals surface area contributed by atoms with E-state index in [4.69, 9.17) is 28.4 Å². The molecule has 3 aromatic rings. The summed E-state index contributed by atoms with van der Waals surface area (Å²) in [5.41, 5.74) is 4.57. The number of hydrogen-bond donors (Lipinski definition) is 3. The molecule has 1 aromatic heterocycles. The number of fused-ring (bicyclic) bond motifs is 2. The zero-order chi connectivity index (χ0) is 19.1. The molecule has 138 valence electrons. The van der Waals surface area contributed by atoms with Gasteiger partial charge in [-0.05, 0) is 35.7 Å². The molecule has 0 unspecified atom stereocenters. The van der Waals surface area contributed by atoms with Gasteiger partial charge in [0, 0.05) is 24.0 Å². The molecule has 0 fully saturated rings. The quantitative estimate of drug-likeness (QED) is 0.449. The van der Waals surface area contributed by atoms with Crippen LogP contribution in [0.25, 0.3) is 10.9 Å². The van der Waals surface area contributed by atoms with Crippen LogP contribution in [0.5, 0.6) is 0 Å². The van der Waals surface area contributed by atoms with E-state index in [0.717, 1.165) is 22.0 Å². The summed E-state index contributed by atoms with van der Waals surface area (Å²) in [5.74, 6) is -0.870. The summed E-state index contributed by atoms with van der Waals surface area (Å²) in [5, 5.41) is 10.2. The Morgan fingerprint density at radius 2 is 1.96 bits per heavy atom. The number of carbonyl (C=O) groups excluding carboxylic acids is 2. The SMILES string of the molecule is O=C(NO)c1c(Cl)cc2c(c1Cl)CCN(C(=O)c1cc3ccccc3[nH]1)C2. The van der Waals surface area contributed by atoms with Gasteiger partial charge in [0.1, 0.15) is 5.69 Å². The summed E-state index contributed by atoms with van der Waals surface area (Å²) in [6.45, 7) is 0.798. The van der Waals surface area contributed by atoms with Crippen molar-refractivity contribution in [2.45, 2.75) is 13.0 Å². The molecule has 3 N–H and O–H groups in total. The van der Waals surface area contributed by atoms with E-state index in [-0.39, 0.29) is 21.5 Å². The first-order valence-electron chi connectivity index (χ1n) is 8.31. The van der Waals surface area contributed by atoms with E-state index in [1.165, 1.54) is 0 Å². The van der Waals surface area contributed by atoms with Crippen LogP contribution in [0.3, 0.4) is 0 Å². The molecule has 0 bridgehead atoms. The molecule has 0 saturated carbocycles. The van der Waals surface area contributed by atoms with Gasteiger partial charge in [0.25, 0.3) is 11.8 Å². The Kier molecular flexibility index (Phi) is 4.55. The standard InChI is InChI=1S/C19H15Cl2N3O3/c20-13-7-11-9-24(6-5-12(11)17(21)16(13)18(25)23-27)19(26)15-8-10-3-1-2-4-14(10)22-15/h1-4,7-8,22,27H,5-6,9H2,(H,23,25). The Bertz CT molecular complexity index is 1040. The Morgan fingerprint density at radius 3 is 2.70 bits per heavy atom. The minimum absolute atomic E-state index is 0.0370. The maximum absolute atomic E-state index is 12.9. The normalized spacial score (nSPS) is 13.5. The van der Waals surface area contributed by atoms with Crippen molar-refractivity contribution in [3.05, 3.63) is 68.8 Å². The number of benzene rings is 2. The molecule has 0 radical (unpaired) electrons. The first-order chi connectivity index (χ1) is 13.0. The second kappa shape index (κ2) is 6.88. The van der Waals surface area contributed by atoms with Crippen molar-refractivity contribution in [3.8, 4) is 0 Å². The Hall–Kier alpha value is -2.54.